The molecule has 2 N–H and O–H groups in total. The van der Waals surface area contributed by atoms with Crippen LogP contribution < -0.4 is 10.6 Å². The van der Waals surface area contributed by atoms with E-state index in [1.165, 1.54) is 58.5 Å². The summed E-state index contributed by atoms with van der Waals surface area (Å²) in [4.78, 5) is 8.81. The SMILES string of the molecule is C=CC(CC)NC(C)CCCCNCCCCC.CC=O. The Morgan fingerprint density at radius 1 is 1.10 bits per heavy atom. The normalized spacial score (nSPS) is 13.0. The molecule has 0 aliphatic carbocycles. The zero-order valence-electron chi connectivity index (χ0n) is 14.8. The molecule has 0 heterocycles. The Balaban J connectivity index is 0. The first-order valence-corrected chi connectivity index (χ1v) is 8.65. The van der Waals surface area contributed by atoms with E-state index in [2.05, 4.69) is 38.0 Å². The van der Waals surface area contributed by atoms with Gasteiger partial charge in [-0.1, -0.05) is 39.2 Å². The third kappa shape index (κ3) is 19.3. The summed E-state index contributed by atoms with van der Waals surface area (Å²) < 4.78 is 0. The number of carbonyl (C=O) groups excluding carboxylic acids is 1. The van der Waals surface area contributed by atoms with Crippen LogP contribution in [0.1, 0.15) is 72.6 Å². The van der Waals surface area contributed by atoms with Crippen LogP contribution in [0.15, 0.2) is 12.7 Å². The molecule has 0 fully saturated rings. The van der Waals surface area contributed by atoms with Crippen molar-refractivity contribution in [3.05, 3.63) is 12.7 Å². The standard InChI is InChI=1S/C16H34N2.C2H4O/c1-5-8-10-13-17-14-11-9-12-15(4)18-16(6-2)7-3;1-2-3/h6,15-18H,2,5,7-14H2,1,3-4H3;2H,1H3. The molecule has 3 nitrogen and oxygen atoms in total. The second kappa shape index (κ2) is 19.3. The van der Waals surface area contributed by atoms with E-state index >= 15 is 0 Å². The van der Waals surface area contributed by atoms with Gasteiger partial charge in [0, 0.05) is 12.1 Å². The van der Waals surface area contributed by atoms with E-state index < -0.39 is 0 Å². The summed E-state index contributed by atoms with van der Waals surface area (Å²) in [7, 11) is 0. The highest BCUT2D eigenvalue weighted by Gasteiger charge is 2.05. The lowest BCUT2D eigenvalue weighted by atomic mass is 10.1. The van der Waals surface area contributed by atoms with Crippen LogP contribution >= 0.6 is 0 Å². The summed E-state index contributed by atoms with van der Waals surface area (Å²) in [5.74, 6) is 0. The lowest BCUT2D eigenvalue weighted by Crippen LogP contribution is -2.34. The molecule has 21 heavy (non-hydrogen) atoms. The average Bonchev–Trinajstić information content (AvgIpc) is 2.48. The van der Waals surface area contributed by atoms with Crippen molar-refractivity contribution in [1.29, 1.82) is 0 Å². The van der Waals surface area contributed by atoms with Crippen molar-refractivity contribution in [3.63, 3.8) is 0 Å². The van der Waals surface area contributed by atoms with Gasteiger partial charge in [0.1, 0.15) is 6.29 Å². The predicted octanol–water partition coefficient (Wildman–Crippen LogP) is 4.08. The molecule has 0 spiro atoms. The minimum atomic E-state index is 0.479. The molecule has 0 saturated carbocycles. The highest BCUT2D eigenvalue weighted by atomic mass is 16.1. The first kappa shape index (κ1) is 22.6. The number of nitrogens with one attached hydrogen (secondary N) is 2. The van der Waals surface area contributed by atoms with Crippen molar-refractivity contribution in [2.24, 2.45) is 0 Å². The maximum atomic E-state index is 8.81. The van der Waals surface area contributed by atoms with Gasteiger partial charge in [-0.3, -0.25) is 0 Å². The van der Waals surface area contributed by atoms with Gasteiger partial charge in [-0.2, -0.15) is 0 Å². The molecule has 0 bridgehead atoms. The Kier molecular flexibility index (Phi) is 20.8. The van der Waals surface area contributed by atoms with Crippen LogP contribution in [0.2, 0.25) is 0 Å². The van der Waals surface area contributed by atoms with Crippen LogP contribution in [-0.2, 0) is 4.79 Å². The average molecular weight is 299 g/mol. The zero-order valence-corrected chi connectivity index (χ0v) is 14.8. The van der Waals surface area contributed by atoms with Crippen molar-refractivity contribution >= 4 is 6.29 Å². The van der Waals surface area contributed by atoms with Gasteiger partial charge in [0.15, 0.2) is 0 Å². The fourth-order valence-electron chi connectivity index (χ4n) is 2.13. The Hall–Kier alpha value is -0.670. The van der Waals surface area contributed by atoms with Crippen LogP contribution in [0, 0.1) is 0 Å². The van der Waals surface area contributed by atoms with E-state index in [0.29, 0.717) is 12.1 Å². The van der Waals surface area contributed by atoms with E-state index in [1.807, 2.05) is 6.08 Å². The highest BCUT2D eigenvalue weighted by Crippen LogP contribution is 2.03. The Morgan fingerprint density at radius 3 is 2.14 bits per heavy atom. The Labute approximate surface area is 133 Å². The first-order chi connectivity index (χ1) is 10.2. The predicted molar refractivity (Wildman–Crippen MR) is 94.9 cm³/mol. The molecular weight excluding hydrogens is 260 g/mol. The molecule has 2 atom stereocenters. The summed E-state index contributed by atoms with van der Waals surface area (Å²) in [5.41, 5.74) is 0. The van der Waals surface area contributed by atoms with Crippen molar-refractivity contribution in [2.45, 2.75) is 84.7 Å². The Morgan fingerprint density at radius 2 is 1.67 bits per heavy atom. The van der Waals surface area contributed by atoms with Gasteiger partial charge in [-0.25, -0.2) is 0 Å². The molecule has 0 rings (SSSR count). The van der Waals surface area contributed by atoms with E-state index in [0.717, 1.165) is 12.7 Å². The lowest BCUT2D eigenvalue weighted by Gasteiger charge is -2.19. The van der Waals surface area contributed by atoms with Crippen molar-refractivity contribution in [3.8, 4) is 0 Å². The summed E-state index contributed by atoms with van der Waals surface area (Å²) in [6.45, 7) is 14.4. The van der Waals surface area contributed by atoms with E-state index in [4.69, 9.17) is 4.79 Å². The van der Waals surface area contributed by atoms with Gasteiger partial charge < -0.3 is 15.4 Å². The number of aldehydes is 1. The first-order valence-electron chi connectivity index (χ1n) is 8.65. The van der Waals surface area contributed by atoms with Crippen LogP contribution in [0.3, 0.4) is 0 Å². The summed E-state index contributed by atoms with van der Waals surface area (Å²) in [6, 6.07) is 1.08. The summed E-state index contributed by atoms with van der Waals surface area (Å²) in [6.07, 6.45) is 11.8. The van der Waals surface area contributed by atoms with Crippen molar-refractivity contribution in [2.75, 3.05) is 13.1 Å². The number of carbonyl (C=O) groups is 1. The number of unbranched alkanes of at least 4 members (excludes halogenated alkanes) is 3. The molecule has 0 aliphatic rings. The third-order valence-electron chi connectivity index (χ3n) is 3.42. The molecule has 0 radical (unpaired) electrons. The molecule has 2 unspecified atom stereocenters. The summed E-state index contributed by atoms with van der Waals surface area (Å²) in [5, 5.41) is 7.12. The van der Waals surface area contributed by atoms with Crippen LogP contribution in [-0.4, -0.2) is 31.5 Å². The second-order valence-electron chi connectivity index (χ2n) is 5.51. The topological polar surface area (TPSA) is 41.1 Å². The number of rotatable bonds is 13. The molecule has 0 amide bonds. The van der Waals surface area contributed by atoms with Crippen LogP contribution in [0.4, 0.5) is 0 Å². The number of hydrogen-bond donors (Lipinski definition) is 2. The number of hydrogen-bond acceptors (Lipinski definition) is 3. The van der Waals surface area contributed by atoms with Gasteiger partial charge in [-0.15, -0.1) is 6.58 Å². The molecule has 0 aliphatic heterocycles. The van der Waals surface area contributed by atoms with Crippen LogP contribution in [0.5, 0.6) is 0 Å². The van der Waals surface area contributed by atoms with Crippen LogP contribution in [0.25, 0.3) is 0 Å². The zero-order chi connectivity index (χ0) is 16.3. The van der Waals surface area contributed by atoms with Crippen molar-refractivity contribution in [1.82, 2.24) is 10.6 Å². The maximum Gasteiger partial charge on any atom is 0.116 e. The quantitative estimate of drug-likeness (QED) is 0.306. The minimum Gasteiger partial charge on any atom is -0.317 e. The fraction of sp³-hybridized carbons (Fsp3) is 0.833. The molecule has 0 aromatic heterocycles. The smallest absolute Gasteiger partial charge is 0.116 e. The molecule has 0 saturated heterocycles. The third-order valence-corrected chi connectivity index (χ3v) is 3.42. The maximum absolute atomic E-state index is 8.81. The monoisotopic (exact) mass is 298 g/mol. The largest absolute Gasteiger partial charge is 0.317 e. The van der Waals surface area contributed by atoms with Gasteiger partial charge in [-0.05, 0) is 52.6 Å². The molecule has 0 aromatic rings. The van der Waals surface area contributed by atoms with E-state index in [9.17, 15) is 0 Å². The second-order valence-corrected chi connectivity index (χ2v) is 5.51. The minimum absolute atomic E-state index is 0.479. The fourth-order valence-corrected chi connectivity index (χ4v) is 2.13. The molecule has 3 heteroatoms. The highest BCUT2D eigenvalue weighted by molar-refractivity contribution is 5.44. The molecule has 0 aromatic carbocycles. The van der Waals surface area contributed by atoms with Gasteiger partial charge in [0.2, 0.25) is 0 Å². The lowest BCUT2D eigenvalue weighted by molar-refractivity contribution is -0.106. The molecular formula is C18H38N2O. The Bertz CT molecular complexity index is 219. The van der Waals surface area contributed by atoms with Gasteiger partial charge >= 0.3 is 0 Å². The van der Waals surface area contributed by atoms with Crippen molar-refractivity contribution < 1.29 is 4.79 Å². The van der Waals surface area contributed by atoms with E-state index in [-0.39, 0.29) is 0 Å². The molecule has 126 valence electrons. The van der Waals surface area contributed by atoms with E-state index in [1.54, 1.807) is 0 Å². The van der Waals surface area contributed by atoms with Gasteiger partial charge in [0.05, 0.1) is 0 Å². The van der Waals surface area contributed by atoms with Gasteiger partial charge in [0.25, 0.3) is 0 Å². The summed E-state index contributed by atoms with van der Waals surface area (Å²) >= 11 is 0.